The molecule has 0 fully saturated rings. The zero-order valence-corrected chi connectivity index (χ0v) is 15.5. The summed E-state index contributed by atoms with van der Waals surface area (Å²) in [6.07, 6.45) is 4.42. The number of aryl methyl sites for hydroxylation is 1. The number of nitrogens with zero attached hydrogens (tertiary/aromatic N) is 4. The summed E-state index contributed by atoms with van der Waals surface area (Å²) in [5, 5.41) is 0. The SMILES string of the molecule is Cc1cccc(CC(=O)C2=Nc3cc4c(cc3C2)CN=C4c2ccncc2)n1. The molecule has 3 aromatic rings. The fourth-order valence-corrected chi connectivity index (χ4v) is 3.78. The zero-order valence-electron chi connectivity index (χ0n) is 15.5. The first kappa shape index (κ1) is 16.7. The van der Waals surface area contributed by atoms with Crippen molar-refractivity contribution in [2.24, 2.45) is 9.98 Å². The molecule has 2 aromatic heterocycles. The highest BCUT2D eigenvalue weighted by molar-refractivity contribution is 6.42. The molecule has 2 aliphatic heterocycles. The van der Waals surface area contributed by atoms with Crippen molar-refractivity contribution in [3.63, 3.8) is 0 Å². The molecule has 0 atom stereocenters. The van der Waals surface area contributed by atoms with Gasteiger partial charge in [0.1, 0.15) is 0 Å². The minimum Gasteiger partial charge on any atom is -0.292 e. The van der Waals surface area contributed by atoms with Crippen LogP contribution in [0.4, 0.5) is 5.69 Å². The van der Waals surface area contributed by atoms with Gasteiger partial charge in [-0.25, -0.2) is 4.99 Å². The van der Waals surface area contributed by atoms with E-state index in [0.29, 0.717) is 18.7 Å². The number of pyridine rings is 2. The Balaban J connectivity index is 1.42. The molecule has 28 heavy (non-hydrogen) atoms. The minimum absolute atomic E-state index is 0.0393. The maximum atomic E-state index is 12.7. The summed E-state index contributed by atoms with van der Waals surface area (Å²) in [6, 6.07) is 13.9. The average Bonchev–Trinajstić information content (AvgIpc) is 3.30. The second-order valence-corrected chi connectivity index (χ2v) is 7.14. The van der Waals surface area contributed by atoms with Crippen LogP contribution in [0.5, 0.6) is 0 Å². The van der Waals surface area contributed by atoms with Crippen molar-refractivity contribution in [1.29, 1.82) is 0 Å². The second-order valence-electron chi connectivity index (χ2n) is 7.14. The predicted octanol–water partition coefficient (Wildman–Crippen LogP) is 3.58. The highest BCUT2D eigenvalue weighted by Crippen LogP contribution is 2.34. The van der Waals surface area contributed by atoms with Gasteiger partial charge in [-0.3, -0.25) is 19.8 Å². The van der Waals surface area contributed by atoms with E-state index in [1.807, 2.05) is 37.3 Å². The summed E-state index contributed by atoms with van der Waals surface area (Å²) in [7, 11) is 0. The van der Waals surface area contributed by atoms with Gasteiger partial charge in [0, 0.05) is 41.3 Å². The molecule has 136 valence electrons. The Hall–Kier alpha value is -3.47. The average molecular weight is 366 g/mol. The molecule has 0 N–H and O–H groups in total. The number of hydrogen-bond donors (Lipinski definition) is 0. The van der Waals surface area contributed by atoms with Gasteiger partial charge in [0.15, 0.2) is 5.78 Å². The Morgan fingerprint density at radius 2 is 1.93 bits per heavy atom. The Kier molecular flexibility index (Phi) is 3.93. The number of aliphatic imine (C=N–C) groups is 2. The van der Waals surface area contributed by atoms with E-state index >= 15 is 0 Å². The molecule has 0 spiro atoms. The van der Waals surface area contributed by atoms with Gasteiger partial charge >= 0.3 is 0 Å². The van der Waals surface area contributed by atoms with Crippen LogP contribution in [0.2, 0.25) is 0 Å². The molecule has 5 heteroatoms. The third-order valence-corrected chi connectivity index (χ3v) is 5.14. The van der Waals surface area contributed by atoms with Gasteiger partial charge in [-0.2, -0.15) is 0 Å². The minimum atomic E-state index is 0.0393. The summed E-state index contributed by atoms with van der Waals surface area (Å²) in [5.74, 6) is 0.0393. The van der Waals surface area contributed by atoms with Gasteiger partial charge in [0.05, 0.1) is 30.1 Å². The van der Waals surface area contributed by atoms with Crippen molar-refractivity contribution in [2.75, 3.05) is 0 Å². The van der Waals surface area contributed by atoms with E-state index in [4.69, 9.17) is 4.99 Å². The molecule has 5 nitrogen and oxygen atoms in total. The molecule has 0 saturated carbocycles. The normalized spacial score (nSPS) is 14.3. The van der Waals surface area contributed by atoms with Crippen molar-refractivity contribution >= 4 is 22.9 Å². The number of carbonyl (C=O) groups excluding carboxylic acids is 1. The predicted molar refractivity (Wildman–Crippen MR) is 109 cm³/mol. The molecule has 0 unspecified atom stereocenters. The van der Waals surface area contributed by atoms with Gasteiger partial charge in [-0.15, -0.1) is 0 Å². The quantitative estimate of drug-likeness (QED) is 0.709. The van der Waals surface area contributed by atoms with E-state index in [2.05, 4.69) is 27.1 Å². The number of rotatable bonds is 4. The third-order valence-electron chi connectivity index (χ3n) is 5.14. The van der Waals surface area contributed by atoms with E-state index in [1.54, 1.807) is 12.4 Å². The van der Waals surface area contributed by atoms with Crippen LogP contribution in [-0.4, -0.2) is 27.2 Å². The van der Waals surface area contributed by atoms with Crippen LogP contribution in [-0.2, 0) is 24.2 Å². The molecule has 5 rings (SSSR count). The largest absolute Gasteiger partial charge is 0.292 e. The molecule has 0 saturated heterocycles. The van der Waals surface area contributed by atoms with Gasteiger partial charge in [0.25, 0.3) is 0 Å². The maximum absolute atomic E-state index is 12.7. The van der Waals surface area contributed by atoms with E-state index in [9.17, 15) is 4.79 Å². The fraction of sp³-hybridized carbons (Fsp3) is 0.174. The Morgan fingerprint density at radius 3 is 2.75 bits per heavy atom. The topological polar surface area (TPSA) is 67.6 Å². The lowest BCUT2D eigenvalue weighted by molar-refractivity contribution is -0.112. The zero-order chi connectivity index (χ0) is 19.1. The van der Waals surface area contributed by atoms with Crippen LogP contribution >= 0.6 is 0 Å². The first-order valence-corrected chi connectivity index (χ1v) is 9.32. The van der Waals surface area contributed by atoms with Gasteiger partial charge in [-0.1, -0.05) is 12.1 Å². The summed E-state index contributed by atoms with van der Waals surface area (Å²) in [4.78, 5) is 30.6. The number of fused-ring (bicyclic) bond motifs is 2. The lowest BCUT2D eigenvalue weighted by Crippen LogP contribution is -2.17. The van der Waals surface area contributed by atoms with Crippen LogP contribution in [0.15, 0.2) is 64.8 Å². The molecule has 0 amide bonds. The number of aromatic nitrogens is 2. The highest BCUT2D eigenvalue weighted by Gasteiger charge is 2.25. The molecule has 4 heterocycles. The first-order valence-electron chi connectivity index (χ1n) is 9.32. The van der Waals surface area contributed by atoms with Crippen LogP contribution in [0.25, 0.3) is 0 Å². The standard InChI is InChI=1S/C23H18N4O/c1-14-3-2-4-18(26-14)11-22(28)21-10-16-9-17-13-25-23(15-5-7-24-8-6-15)19(17)12-20(16)27-21/h2-9,12H,10-11,13H2,1H3. The number of benzene rings is 1. The number of carbonyl (C=O) groups is 1. The summed E-state index contributed by atoms with van der Waals surface area (Å²) >= 11 is 0. The van der Waals surface area contributed by atoms with Gasteiger partial charge in [-0.05, 0) is 48.4 Å². The molecule has 0 aliphatic carbocycles. The van der Waals surface area contributed by atoms with Crippen LogP contribution in [0.1, 0.15) is 33.6 Å². The van der Waals surface area contributed by atoms with Crippen molar-refractivity contribution in [1.82, 2.24) is 9.97 Å². The fourth-order valence-electron chi connectivity index (χ4n) is 3.78. The lowest BCUT2D eigenvalue weighted by Gasteiger charge is -2.06. The molecule has 2 aliphatic rings. The summed E-state index contributed by atoms with van der Waals surface area (Å²) < 4.78 is 0. The second kappa shape index (κ2) is 6.60. The Bertz CT molecular complexity index is 1160. The molecule has 0 bridgehead atoms. The van der Waals surface area contributed by atoms with Gasteiger partial charge < -0.3 is 0 Å². The smallest absolute Gasteiger partial charge is 0.183 e. The summed E-state index contributed by atoms with van der Waals surface area (Å²) in [6.45, 7) is 2.59. The highest BCUT2D eigenvalue weighted by atomic mass is 16.1. The monoisotopic (exact) mass is 366 g/mol. The Morgan fingerprint density at radius 1 is 1.07 bits per heavy atom. The molecular weight excluding hydrogens is 348 g/mol. The molecule has 0 radical (unpaired) electrons. The Labute approximate surface area is 162 Å². The van der Waals surface area contributed by atoms with Crippen molar-refractivity contribution < 1.29 is 4.79 Å². The third kappa shape index (κ3) is 2.95. The number of hydrogen-bond acceptors (Lipinski definition) is 5. The van der Waals surface area contributed by atoms with Crippen LogP contribution < -0.4 is 0 Å². The molecular formula is C23H18N4O. The van der Waals surface area contributed by atoms with E-state index in [-0.39, 0.29) is 12.2 Å². The van der Waals surface area contributed by atoms with E-state index in [1.165, 1.54) is 5.56 Å². The lowest BCUT2D eigenvalue weighted by atomic mass is 9.96. The molecule has 1 aromatic carbocycles. The van der Waals surface area contributed by atoms with Crippen molar-refractivity contribution in [3.05, 3.63) is 88.5 Å². The van der Waals surface area contributed by atoms with Crippen molar-refractivity contribution in [3.8, 4) is 0 Å². The van der Waals surface area contributed by atoms with Crippen LogP contribution in [0.3, 0.4) is 0 Å². The number of ketones is 1. The number of Topliss-reactive ketones (excluding diaryl/α,β-unsaturated/α-hetero) is 1. The van der Waals surface area contributed by atoms with Crippen LogP contribution in [0, 0.1) is 6.92 Å². The van der Waals surface area contributed by atoms with Gasteiger partial charge in [0.2, 0.25) is 0 Å². The van der Waals surface area contributed by atoms with E-state index in [0.717, 1.165) is 39.5 Å². The first-order chi connectivity index (χ1) is 13.7. The van der Waals surface area contributed by atoms with Crippen molar-refractivity contribution in [2.45, 2.75) is 26.3 Å². The van der Waals surface area contributed by atoms with E-state index < -0.39 is 0 Å². The summed E-state index contributed by atoms with van der Waals surface area (Å²) in [5.41, 5.74) is 8.62. The maximum Gasteiger partial charge on any atom is 0.183 e.